The molecule has 0 radical (unpaired) electrons. The van der Waals surface area contributed by atoms with Crippen molar-refractivity contribution in [2.75, 3.05) is 18.5 Å². The zero-order chi connectivity index (χ0) is 12.9. The second kappa shape index (κ2) is 5.84. The van der Waals surface area contributed by atoms with Crippen LogP contribution < -0.4 is 5.32 Å². The Balaban J connectivity index is 1.65. The van der Waals surface area contributed by atoms with Gasteiger partial charge in [0.15, 0.2) is 0 Å². The minimum absolute atomic E-state index is 0.426. The van der Waals surface area contributed by atoms with Crippen molar-refractivity contribution in [3.05, 3.63) is 42.5 Å². The fraction of sp³-hybridized carbons (Fsp3) is 0.429. The maximum atomic E-state index is 5.48. The van der Waals surface area contributed by atoms with Crippen LogP contribution in [0.2, 0.25) is 0 Å². The summed E-state index contributed by atoms with van der Waals surface area (Å²) in [6.07, 6.45) is 5.60. The number of hydrogen-bond acceptors (Lipinski definition) is 4. The summed E-state index contributed by atoms with van der Waals surface area (Å²) in [7, 11) is 0. The van der Waals surface area contributed by atoms with E-state index >= 15 is 0 Å². The molecule has 1 N–H and O–H groups in total. The van der Waals surface area contributed by atoms with Crippen LogP contribution >= 0.6 is 0 Å². The van der Waals surface area contributed by atoms with Gasteiger partial charge in [-0.2, -0.15) is 5.10 Å². The van der Waals surface area contributed by atoms with Crippen LogP contribution in [0.15, 0.2) is 36.9 Å². The maximum absolute atomic E-state index is 5.48. The Labute approximate surface area is 112 Å². The lowest BCUT2D eigenvalue weighted by atomic mass is 10.1. The lowest BCUT2D eigenvalue weighted by Gasteiger charge is -2.24. The number of ether oxygens (including phenoxy) is 1. The Morgan fingerprint density at radius 1 is 1.42 bits per heavy atom. The third-order valence-corrected chi connectivity index (χ3v) is 3.27. The van der Waals surface area contributed by atoms with Crippen molar-refractivity contribution in [2.24, 2.45) is 0 Å². The molecular weight excluding hydrogens is 240 g/mol. The van der Waals surface area contributed by atoms with E-state index in [-0.39, 0.29) is 0 Å². The van der Waals surface area contributed by atoms with Crippen LogP contribution in [0.4, 0.5) is 5.69 Å². The van der Waals surface area contributed by atoms with Gasteiger partial charge in [0, 0.05) is 18.3 Å². The molecule has 1 aliphatic rings. The Bertz CT molecular complexity index is 506. The molecule has 1 aliphatic heterocycles. The molecule has 1 aromatic carbocycles. The molecule has 100 valence electrons. The molecule has 19 heavy (non-hydrogen) atoms. The van der Waals surface area contributed by atoms with Crippen LogP contribution in [-0.2, 0) is 11.3 Å². The molecule has 1 fully saturated rings. The highest BCUT2D eigenvalue weighted by molar-refractivity contribution is 5.46. The second-order valence-electron chi connectivity index (χ2n) is 4.85. The molecule has 1 saturated heterocycles. The summed E-state index contributed by atoms with van der Waals surface area (Å²) in [4.78, 5) is 3.95. The first-order valence-corrected chi connectivity index (χ1v) is 6.66. The third kappa shape index (κ3) is 3.32. The molecule has 2 aromatic rings. The van der Waals surface area contributed by atoms with E-state index in [1.165, 1.54) is 12.0 Å². The number of rotatable bonds is 4. The Kier molecular flexibility index (Phi) is 3.74. The Morgan fingerprint density at radius 3 is 3.21 bits per heavy atom. The molecule has 0 spiro atoms. The molecule has 2 heterocycles. The van der Waals surface area contributed by atoms with Gasteiger partial charge in [-0.1, -0.05) is 12.1 Å². The maximum Gasteiger partial charge on any atom is 0.137 e. The van der Waals surface area contributed by atoms with E-state index < -0.39 is 0 Å². The average molecular weight is 258 g/mol. The van der Waals surface area contributed by atoms with Crippen molar-refractivity contribution in [1.29, 1.82) is 0 Å². The third-order valence-electron chi connectivity index (χ3n) is 3.27. The number of nitrogens with one attached hydrogen (secondary N) is 1. The summed E-state index contributed by atoms with van der Waals surface area (Å²) >= 11 is 0. The van der Waals surface area contributed by atoms with Crippen LogP contribution in [-0.4, -0.2) is 34.0 Å². The van der Waals surface area contributed by atoms with Crippen LogP contribution in [0, 0.1) is 0 Å². The normalized spacial score (nSPS) is 19.3. The molecule has 3 rings (SSSR count). The van der Waals surface area contributed by atoms with Crippen LogP contribution in [0.5, 0.6) is 0 Å². The van der Waals surface area contributed by atoms with E-state index in [4.69, 9.17) is 4.74 Å². The van der Waals surface area contributed by atoms with Gasteiger partial charge in [-0.15, -0.1) is 0 Å². The Hall–Kier alpha value is -1.88. The minimum atomic E-state index is 0.426. The number of nitrogens with zero attached hydrogens (tertiary/aromatic N) is 3. The molecule has 5 heteroatoms. The smallest absolute Gasteiger partial charge is 0.137 e. The van der Waals surface area contributed by atoms with E-state index in [0.29, 0.717) is 6.04 Å². The van der Waals surface area contributed by atoms with Crippen molar-refractivity contribution in [3.8, 4) is 0 Å². The average Bonchev–Trinajstić information content (AvgIpc) is 2.93. The molecule has 5 nitrogen and oxygen atoms in total. The molecule has 0 aliphatic carbocycles. The fourth-order valence-corrected chi connectivity index (χ4v) is 2.35. The van der Waals surface area contributed by atoms with Gasteiger partial charge in [0.05, 0.1) is 13.2 Å². The molecule has 0 amide bonds. The van der Waals surface area contributed by atoms with Crippen molar-refractivity contribution in [2.45, 2.75) is 25.4 Å². The lowest BCUT2D eigenvalue weighted by Crippen LogP contribution is -2.29. The predicted molar refractivity (Wildman–Crippen MR) is 73.0 cm³/mol. The summed E-state index contributed by atoms with van der Waals surface area (Å²) in [5.74, 6) is 0. The minimum Gasteiger partial charge on any atom is -0.380 e. The van der Waals surface area contributed by atoms with Crippen molar-refractivity contribution in [1.82, 2.24) is 14.8 Å². The highest BCUT2D eigenvalue weighted by Gasteiger charge is 2.13. The second-order valence-corrected chi connectivity index (χ2v) is 4.85. The monoisotopic (exact) mass is 258 g/mol. The largest absolute Gasteiger partial charge is 0.380 e. The zero-order valence-corrected chi connectivity index (χ0v) is 10.8. The summed E-state index contributed by atoms with van der Waals surface area (Å²) in [6, 6.07) is 8.86. The predicted octanol–water partition coefficient (Wildman–Crippen LogP) is 1.92. The first kappa shape index (κ1) is 12.2. The van der Waals surface area contributed by atoms with Gasteiger partial charge < -0.3 is 10.1 Å². The van der Waals surface area contributed by atoms with Crippen LogP contribution in [0.3, 0.4) is 0 Å². The van der Waals surface area contributed by atoms with E-state index in [9.17, 15) is 0 Å². The SMILES string of the molecule is c1cc(Cn2cncn2)cc(NC2CCCOC2)c1. The molecule has 0 saturated carbocycles. The van der Waals surface area contributed by atoms with Crippen LogP contribution in [0.25, 0.3) is 0 Å². The summed E-state index contributed by atoms with van der Waals surface area (Å²) in [5.41, 5.74) is 2.36. The number of hydrogen-bond donors (Lipinski definition) is 1. The van der Waals surface area contributed by atoms with E-state index in [0.717, 1.165) is 31.9 Å². The van der Waals surface area contributed by atoms with Gasteiger partial charge in [0.1, 0.15) is 12.7 Å². The quantitative estimate of drug-likeness (QED) is 0.910. The highest BCUT2D eigenvalue weighted by Crippen LogP contribution is 2.16. The summed E-state index contributed by atoms with van der Waals surface area (Å²) < 4.78 is 7.31. The van der Waals surface area contributed by atoms with Gasteiger partial charge in [0.25, 0.3) is 0 Å². The van der Waals surface area contributed by atoms with Gasteiger partial charge in [0.2, 0.25) is 0 Å². The standard InChI is InChI=1S/C14H18N4O/c1-3-12(8-18-11-15-10-16-18)7-13(4-1)17-14-5-2-6-19-9-14/h1,3-4,7,10-11,14,17H,2,5-6,8-9H2. The van der Waals surface area contributed by atoms with Crippen molar-refractivity contribution in [3.63, 3.8) is 0 Å². The number of benzene rings is 1. The highest BCUT2D eigenvalue weighted by atomic mass is 16.5. The Morgan fingerprint density at radius 2 is 2.42 bits per heavy atom. The van der Waals surface area contributed by atoms with Gasteiger partial charge in [-0.3, -0.25) is 0 Å². The molecule has 1 atom stereocenters. The lowest BCUT2D eigenvalue weighted by molar-refractivity contribution is 0.0876. The first-order chi connectivity index (χ1) is 9.40. The molecular formula is C14H18N4O. The van der Waals surface area contributed by atoms with Gasteiger partial charge in [-0.25, -0.2) is 9.67 Å². The van der Waals surface area contributed by atoms with E-state index in [1.807, 2.05) is 4.68 Å². The van der Waals surface area contributed by atoms with Gasteiger partial charge >= 0.3 is 0 Å². The number of aromatic nitrogens is 3. The fourth-order valence-electron chi connectivity index (χ4n) is 2.35. The van der Waals surface area contributed by atoms with E-state index in [1.54, 1.807) is 12.7 Å². The van der Waals surface area contributed by atoms with Crippen molar-refractivity contribution < 1.29 is 4.74 Å². The molecule has 1 unspecified atom stereocenters. The zero-order valence-electron chi connectivity index (χ0n) is 10.8. The summed E-state index contributed by atoms with van der Waals surface area (Å²) in [5, 5.41) is 7.65. The van der Waals surface area contributed by atoms with Crippen molar-refractivity contribution >= 4 is 5.69 Å². The summed E-state index contributed by atoms with van der Waals surface area (Å²) in [6.45, 7) is 2.44. The molecule has 0 bridgehead atoms. The number of anilines is 1. The van der Waals surface area contributed by atoms with Crippen LogP contribution in [0.1, 0.15) is 18.4 Å². The van der Waals surface area contributed by atoms with Gasteiger partial charge in [-0.05, 0) is 30.5 Å². The molecule has 1 aromatic heterocycles. The van der Waals surface area contributed by atoms with E-state index in [2.05, 4.69) is 39.7 Å². The first-order valence-electron chi connectivity index (χ1n) is 6.66. The topological polar surface area (TPSA) is 52.0 Å².